The smallest absolute Gasteiger partial charge is 0.274 e. The maximum absolute atomic E-state index is 13.4. The Labute approximate surface area is 163 Å². The van der Waals surface area contributed by atoms with Gasteiger partial charge >= 0.3 is 0 Å². The fraction of sp³-hybridized carbons (Fsp3) is 0.500. The van der Waals surface area contributed by atoms with Crippen LogP contribution in [0.4, 0.5) is 0 Å². The van der Waals surface area contributed by atoms with Gasteiger partial charge in [-0.3, -0.25) is 4.79 Å². The number of carbonyl (C=O) groups excluding carboxylic acids is 1. The van der Waals surface area contributed by atoms with E-state index in [1.165, 1.54) is 12.8 Å². The van der Waals surface area contributed by atoms with Crippen LogP contribution in [0.1, 0.15) is 35.3 Å². The Morgan fingerprint density at radius 2 is 2.23 bits per heavy atom. The lowest BCUT2D eigenvalue weighted by molar-refractivity contribution is 0.0710. The number of amides is 1. The number of rotatable bonds is 3. The zero-order chi connectivity index (χ0) is 18.4. The van der Waals surface area contributed by atoms with Gasteiger partial charge in [-0.1, -0.05) is 30.7 Å². The van der Waals surface area contributed by atoms with Gasteiger partial charge in [0.25, 0.3) is 5.91 Å². The molecule has 0 bridgehead atoms. The summed E-state index contributed by atoms with van der Waals surface area (Å²) in [6, 6.07) is 7.76. The fourth-order valence-corrected chi connectivity index (χ4v) is 5.91. The Morgan fingerprint density at radius 3 is 2.96 bits per heavy atom. The number of fused-ring (bicyclic) bond motifs is 1. The van der Waals surface area contributed by atoms with Gasteiger partial charge in [-0.15, -0.1) is 11.3 Å². The Balaban J connectivity index is 1.67. The molecule has 1 aromatic heterocycles. The first kappa shape index (κ1) is 18.0. The third kappa shape index (κ3) is 3.06. The second-order valence-electron chi connectivity index (χ2n) is 7.68. The van der Waals surface area contributed by atoms with Gasteiger partial charge in [-0.05, 0) is 55.2 Å². The van der Waals surface area contributed by atoms with E-state index in [9.17, 15) is 4.79 Å². The van der Waals surface area contributed by atoms with Crippen molar-refractivity contribution >= 4 is 28.8 Å². The number of nitrogens with two attached hydrogens (primary N) is 1. The summed E-state index contributed by atoms with van der Waals surface area (Å²) in [7, 11) is 0. The molecule has 1 aliphatic carbocycles. The summed E-state index contributed by atoms with van der Waals surface area (Å²) in [4.78, 5) is 20.9. The number of likely N-dealkylation sites (tertiary alicyclic amines) is 1. The molecule has 4 nitrogen and oxygen atoms in total. The Morgan fingerprint density at radius 1 is 1.42 bits per heavy atom. The van der Waals surface area contributed by atoms with Gasteiger partial charge < -0.3 is 10.6 Å². The summed E-state index contributed by atoms with van der Waals surface area (Å²) >= 11 is 7.70. The zero-order valence-electron chi connectivity index (χ0n) is 15.1. The normalized spacial score (nSPS) is 27.8. The van der Waals surface area contributed by atoms with E-state index in [0.29, 0.717) is 29.1 Å². The average Bonchev–Trinajstić information content (AvgIpc) is 3.25. The summed E-state index contributed by atoms with van der Waals surface area (Å²) in [5.41, 5.74) is 7.58. The molecule has 2 aromatic rings. The quantitative estimate of drug-likeness (QED) is 0.854. The van der Waals surface area contributed by atoms with Crippen molar-refractivity contribution in [3.8, 4) is 10.4 Å². The molecule has 2 fully saturated rings. The van der Waals surface area contributed by atoms with Gasteiger partial charge in [0.1, 0.15) is 5.69 Å². The van der Waals surface area contributed by atoms with E-state index in [0.717, 1.165) is 27.9 Å². The van der Waals surface area contributed by atoms with Crippen molar-refractivity contribution < 1.29 is 4.79 Å². The molecule has 26 heavy (non-hydrogen) atoms. The molecule has 0 radical (unpaired) electrons. The van der Waals surface area contributed by atoms with Crippen molar-refractivity contribution in [3.05, 3.63) is 40.0 Å². The molecule has 1 aliphatic heterocycles. The van der Waals surface area contributed by atoms with Gasteiger partial charge in [-0.25, -0.2) is 4.98 Å². The zero-order valence-corrected chi connectivity index (χ0v) is 16.7. The highest BCUT2D eigenvalue weighted by Gasteiger charge is 2.48. The lowest BCUT2D eigenvalue weighted by atomic mass is 9.94. The summed E-state index contributed by atoms with van der Waals surface area (Å²) in [6.45, 7) is 5.58. The average molecular weight is 390 g/mol. The van der Waals surface area contributed by atoms with E-state index >= 15 is 0 Å². The summed E-state index contributed by atoms with van der Waals surface area (Å²) in [5.74, 6) is 1.87. The molecular formula is C20H24ClN3OS. The van der Waals surface area contributed by atoms with Crippen LogP contribution in [-0.2, 0) is 0 Å². The molecule has 4 atom stereocenters. The molecule has 4 rings (SSSR count). The first-order valence-corrected chi connectivity index (χ1v) is 10.4. The third-order valence-electron chi connectivity index (χ3n) is 5.84. The lowest BCUT2D eigenvalue weighted by Gasteiger charge is -2.27. The van der Waals surface area contributed by atoms with Crippen molar-refractivity contribution in [2.24, 2.45) is 23.5 Å². The van der Waals surface area contributed by atoms with Crippen LogP contribution in [0.2, 0.25) is 5.02 Å². The number of aryl methyl sites for hydroxylation is 1. The maximum atomic E-state index is 13.4. The highest BCUT2D eigenvalue weighted by Crippen LogP contribution is 2.45. The van der Waals surface area contributed by atoms with Gasteiger partial charge in [0, 0.05) is 24.2 Å². The highest BCUT2D eigenvalue weighted by molar-refractivity contribution is 7.15. The van der Waals surface area contributed by atoms with Crippen LogP contribution in [-0.4, -0.2) is 34.9 Å². The van der Waals surface area contributed by atoms with E-state index in [2.05, 4.69) is 11.9 Å². The predicted molar refractivity (Wildman–Crippen MR) is 107 cm³/mol. The number of thiazole rings is 1. The van der Waals surface area contributed by atoms with Gasteiger partial charge in [0.15, 0.2) is 0 Å². The Kier molecular flexibility index (Phi) is 4.80. The van der Waals surface area contributed by atoms with Crippen LogP contribution in [0.5, 0.6) is 0 Å². The van der Waals surface area contributed by atoms with Crippen LogP contribution in [0, 0.1) is 24.7 Å². The molecule has 1 saturated heterocycles. The van der Waals surface area contributed by atoms with Crippen molar-refractivity contribution in [1.82, 2.24) is 9.88 Å². The van der Waals surface area contributed by atoms with Crippen LogP contribution in [0.25, 0.3) is 10.4 Å². The number of nitrogens with zero attached hydrogens (tertiary/aromatic N) is 2. The minimum Gasteiger partial charge on any atom is -0.332 e. The molecule has 2 aliphatic rings. The van der Waals surface area contributed by atoms with Gasteiger partial charge in [0.2, 0.25) is 0 Å². The Bertz CT molecular complexity index is 836. The predicted octanol–water partition coefficient (Wildman–Crippen LogP) is 4.22. The van der Waals surface area contributed by atoms with E-state index < -0.39 is 0 Å². The molecule has 1 amide bonds. The minimum absolute atomic E-state index is 0.0156. The molecule has 138 valence electrons. The molecule has 0 spiro atoms. The number of carbonyl (C=O) groups is 1. The second kappa shape index (κ2) is 6.95. The molecule has 1 aromatic carbocycles. The molecule has 6 heteroatoms. The topological polar surface area (TPSA) is 59.2 Å². The third-order valence-corrected chi connectivity index (χ3v) is 7.09. The van der Waals surface area contributed by atoms with Crippen LogP contribution in [0.15, 0.2) is 24.3 Å². The number of hydrogen-bond donors (Lipinski definition) is 1. The van der Waals surface area contributed by atoms with Crippen LogP contribution in [0.3, 0.4) is 0 Å². The van der Waals surface area contributed by atoms with Crippen molar-refractivity contribution in [2.75, 3.05) is 13.1 Å². The maximum Gasteiger partial charge on any atom is 0.274 e. The standard InChI is InChI=1S/C20H24ClN3OS/c1-11-6-14-10-24(17(9-22)16(14)7-11)20(25)18-19(26-12(2)23-18)13-4-3-5-15(21)8-13/h3-5,8,11,14,16-17H,6-7,9-10,22H2,1-2H3/t11?,14-,16-,17+/m0/s1. The van der Waals surface area contributed by atoms with Crippen molar-refractivity contribution in [3.63, 3.8) is 0 Å². The van der Waals surface area contributed by atoms with Gasteiger partial charge in [0.05, 0.1) is 9.88 Å². The summed E-state index contributed by atoms with van der Waals surface area (Å²) < 4.78 is 0. The highest BCUT2D eigenvalue weighted by atomic mass is 35.5. The fourth-order valence-electron chi connectivity index (χ4n) is 4.81. The van der Waals surface area contributed by atoms with Gasteiger partial charge in [-0.2, -0.15) is 0 Å². The van der Waals surface area contributed by atoms with Crippen LogP contribution >= 0.6 is 22.9 Å². The van der Waals surface area contributed by atoms with Crippen molar-refractivity contribution in [2.45, 2.75) is 32.7 Å². The molecular weight excluding hydrogens is 366 g/mol. The van der Waals surface area contributed by atoms with Crippen LogP contribution < -0.4 is 5.73 Å². The largest absolute Gasteiger partial charge is 0.332 e. The first-order valence-electron chi connectivity index (χ1n) is 9.22. The second-order valence-corrected chi connectivity index (χ2v) is 9.32. The van der Waals surface area contributed by atoms with E-state index in [4.69, 9.17) is 17.3 Å². The molecule has 2 heterocycles. The van der Waals surface area contributed by atoms with E-state index in [1.54, 1.807) is 11.3 Å². The number of aromatic nitrogens is 1. The lowest BCUT2D eigenvalue weighted by Crippen LogP contribution is -2.43. The molecule has 2 N–H and O–H groups in total. The monoisotopic (exact) mass is 389 g/mol. The molecule has 1 unspecified atom stereocenters. The Hall–Kier alpha value is -1.43. The number of halogens is 1. The minimum atomic E-state index is 0.0156. The SMILES string of the molecule is Cc1nc(C(=O)N2C[C@@H]3CC(C)C[C@@H]3[C@H]2CN)c(-c2cccc(Cl)c2)s1. The first-order chi connectivity index (χ1) is 12.5. The van der Waals surface area contributed by atoms with E-state index in [1.807, 2.05) is 36.1 Å². The van der Waals surface area contributed by atoms with E-state index in [-0.39, 0.29) is 11.9 Å². The number of benzene rings is 1. The summed E-state index contributed by atoms with van der Waals surface area (Å²) in [6.07, 6.45) is 2.37. The summed E-state index contributed by atoms with van der Waals surface area (Å²) in [5, 5.41) is 1.55. The number of hydrogen-bond acceptors (Lipinski definition) is 4. The van der Waals surface area contributed by atoms with Crippen molar-refractivity contribution in [1.29, 1.82) is 0 Å². The molecule has 1 saturated carbocycles.